The fourth-order valence-electron chi connectivity index (χ4n) is 4.16. The zero-order valence-corrected chi connectivity index (χ0v) is 14.6. The summed E-state index contributed by atoms with van der Waals surface area (Å²) in [5, 5.41) is 12.7. The van der Waals surface area contributed by atoms with Crippen LogP contribution in [0.2, 0.25) is 0 Å². The van der Waals surface area contributed by atoms with Crippen LogP contribution in [-0.4, -0.2) is 36.4 Å². The third kappa shape index (κ3) is 3.38. The van der Waals surface area contributed by atoms with Crippen molar-refractivity contribution < 1.29 is 0 Å². The van der Waals surface area contributed by atoms with Crippen molar-refractivity contribution in [3.8, 4) is 0 Å². The standard InChI is InChI=1S/C18H28N6/c1-23-17(12-24-9-8-19-13-24)21-22-18(23)14-10-16(11-14)20-15-6-4-2-3-5-7-15/h8-9,13-16,20H,2-7,10-12H2,1H3. The minimum absolute atomic E-state index is 0.558. The highest BCUT2D eigenvalue weighted by atomic mass is 15.3. The highest BCUT2D eigenvalue weighted by Gasteiger charge is 2.35. The minimum atomic E-state index is 0.558. The lowest BCUT2D eigenvalue weighted by Gasteiger charge is -2.37. The van der Waals surface area contributed by atoms with Crippen molar-refractivity contribution in [3.05, 3.63) is 30.4 Å². The van der Waals surface area contributed by atoms with Crippen LogP contribution in [0.1, 0.15) is 68.9 Å². The molecule has 6 heteroatoms. The van der Waals surface area contributed by atoms with E-state index in [1.807, 2.05) is 17.1 Å². The molecular weight excluding hydrogens is 300 g/mol. The molecule has 1 N–H and O–H groups in total. The Morgan fingerprint density at radius 1 is 1.08 bits per heavy atom. The van der Waals surface area contributed by atoms with Crippen LogP contribution in [0.4, 0.5) is 0 Å². The van der Waals surface area contributed by atoms with E-state index in [1.54, 1.807) is 6.20 Å². The summed E-state index contributed by atoms with van der Waals surface area (Å²) in [7, 11) is 2.09. The zero-order chi connectivity index (χ0) is 16.4. The number of rotatable bonds is 5. The molecule has 4 rings (SSSR count). The van der Waals surface area contributed by atoms with E-state index in [4.69, 9.17) is 0 Å². The normalized spacial score (nSPS) is 25.4. The molecule has 130 valence electrons. The molecule has 0 bridgehead atoms. The van der Waals surface area contributed by atoms with Crippen LogP contribution >= 0.6 is 0 Å². The van der Waals surface area contributed by atoms with E-state index in [0.717, 1.165) is 24.2 Å². The fourth-order valence-corrected chi connectivity index (χ4v) is 4.16. The van der Waals surface area contributed by atoms with Gasteiger partial charge in [0.15, 0.2) is 5.82 Å². The van der Waals surface area contributed by atoms with Gasteiger partial charge in [0.2, 0.25) is 0 Å². The van der Waals surface area contributed by atoms with Crippen molar-refractivity contribution in [2.75, 3.05) is 0 Å². The number of hydrogen-bond donors (Lipinski definition) is 1. The van der Waals surface area contributed by atoms with E-state index in [-0.39, 0.29) is 0 Å². The Hall–Kier alpha value is -1.69. The van der Waals surface area contributed by atoms with Crippen molar-refractivity contribution in [1.82, 2.24) is 29.6 Å². The van der Waals surface area contributed by atoms with Gasteiger partial charge in [-0.2, -0.15) is 0 Å². The predicted molar refractivity (Wildman–Crippen MR) is 92.7 cm³/mol. The molecule has 24 heavy (non-hydrogen) atoms. The van der Waals surface area contributed by atoms with Crippen LogP contribution in [0.15, 0.2) is 18.7 Å². The van der Waals surface area contributed by atoms with E-state index < -0.39 is 0 Å². The maximum Gasteiger partial charge on any atom is 0.152 e. The Labute approximate surface area is 143 Å². The summed E-state index contributed by atoms with van der Waals surface area (Å²) in [5.74, 6) is 2.70. The first kappa shape index (κ1) is 15.8. The lowest BCUT2D eigenvalue weighted by atomic mass is 9.79. The molecule has 0 radical (unpaired) electrons. The second-order valence-corrected chi connectivity index (χ2v) is 7.49. The minimum Gasteiger partial charge on any atom is -0.330 e. The average Bonchev–Trinajstić information content (AvgIpc) is 3.09. The molecule has 0 spiro atoms. The molecule has 2 aliphatic rings. The summed E-state index contributed by atoms with van der Waals surface area (Å²) < 4.78 is 4.21. The van der Waals surface area contributed by atoms with Gasteiger partial charge in [0.05, 0.1) is 12.9 Å². The number of hydrogen-bond acceptors (Lipinski definition) is 4. The number of nitrogens with zero attached hydrogens (tertiary/aromatic N) is 5. The molecular formula is C18H28N6. The Bertz CT molecular complexity index is 633. The van der Waals surface area contributed by atoms with Crippen LogP contribution in [0.3, 0.4) is 0 Å². The molecule has 0 aromatic carbocycles. The van der Waals surface area contributed by atoms with Gasteiger partial charge in [-0.3, -0.25) is 0 Å². The third-order valence-corrected chi connectivity index (χ3v) is 5.71. The molecule has 0 saturated heterocycles. The lowest BCUT2D eigenvalue weighted by molar-refractivity contribution is 0.245. The molecule has 0 unspecified atom stereocenters. The lowest BCUT2D eigenvalue weighted by Crippen LogP contribution is -2.45. The molecule has 6 nitrogen and oxygen atoms in total. The van der Waals surface area contributed by atoms with Crippen molar-refractivity contribution in [2.24, 2.45) is 7.05 Å². The molecule has 0 aliphatic heterocycles. The molecule has 2 fully saturated rings. The summed E-state index contributed by atoms with van der Waals surface area (Å²) in [6.07, 6.45) is 16.3. The third-order valence-electron chi connectivity index (χ3n) is 5.71. The van der Waals surface area contributed by atoms with Gasteiger partial charge >= 0.3 is 0 Å². The number of aromatic nitrogens is 5. The maximum absolute atomic E-state index is 4.47. The van der Waals surface area contributed by atoms with Gasteiger partial charge in [0.25, 0.3) is 0 Å². The topological polar surface area (TPSA) is 60.6 Å². The summed E-state index contributed by atoms with van der Waals surface area (Å²) in [5.41, 5.74) is 0. The second kappa shape index (κ2) is 7.05. The molecule has 2 aliphatic carbocycles. The van der Waals surface area contributed by atoms with Crippen LogP contribution in [0.5, 0.6) is 0 Å². The van der Waals surface area contributed by atoms with Gasteiger partial charge in [-0.05, 0) is 25.7 Å². The Balaban J connectivity index is 1.31. The maximum atomic E-state index is 4.47. The van der Waals surface area contributed by atoms with Crippen molar-refractivity contribution >= 4 is 0 Å². The molecule has 0 amide bonds. The molecule has 2 aromatic heterocycles. The van der Waals surface area contributed by atoms with E-state index >= 15 is 0 Å². The van der Waals surface area contributed by atoms with E-state index in [2.05, 4.69) is 32.1 Å². The van der Waals surface area contributed by atoms with Crippen molar-refractivity contribution in [1.29, 1.82) is 0 Å². The molecule has 2 aromatic rings. The Morgan fingerprint density at radius 3 is 2.58 bits per heavy atom. The van der Waals surface area contributed by atoms with Crippen molar-refractivity contribution in [2.45, 2.75) is 75.9 Å². The van der Waals surface area contributed by atoms with Gasteiger partial charge in [-0.15, -0.1) is 10.2 Å². The monoisotopic (exact) mass is 328 g/mol. The first-order valence-corrected chi connectivity index (χ1v) is 9.39. The molecule has 2 saturated carbocycles. The highest BCUT2D eigenvalue weighted by molar-refractivity contribution is 5.09. The van der Waals surface area contributed by atoms with Crippen LogP contribution < -0.4 is 5.32 Å². The first-order chi connectivity index (χ1) is 11.8. The van der Waals surface area contributed by atoms with Crippen LogP contribution in [-0.2, 0) is 13.6 Å². The SMILES string of the molecule is Cn1c(Cn2ccnc2)nnc1C1CC(NC2CCCCCC2)C1. The smallest absolute Gasteiger partial charge is 0.152 e. The number of imidazole rings is 1. The van der Waals surface area contributed by atoms with E-state index in [1.165, 1.54) is 51.4 Å². The quantitative estimate of drug-likeness (QED) is 0.857. The predicted octanol–water partition coefficient (Wildman–Crippen LogP) is 2.62. The highest BCUT2D eigenvalue weighted by Crippen LogP contribution is 2.36. The first-order valence-electron chi connectivity index (χ1n) is 9.39. The van der Waals surface area contributed by atoms with Gasteiger partial charge < -0.3 is 14.5 Å². The Morgan fingerprint density at radius 2 is 1.88 bits per heavy atom. The van der Waals surface area contributed by atoms with E-state index in [9.17, 15) is 0 Å². The van der Waals surface area contributed by atoms with E-state index in [0.29, 0.717) is 12.0 Å². The van der Waals surface area contributed by atoms with Crippen molar-refractivity contribution in [3.63, 3.8) is 0 Å². The van der Waals surface area contributed by atoms with Gasteiger partial charge in [0.1, 0.15) is 5.82 Å². The zero-order valence-electron chi connectivity index (χ0n) is 14.6. The molecule has 2 heterocycles. The summed E-state index contributed by atoms with van der Waals surface area (Å²) in [6, 6.07) is 1.42. The van der Waals surface area contributed by atoms with Gasteiger partial charge in [-0.1, -0.05) is 25.7 Å². The largest absolute Gasteiger partial charge is 0.330 e. The second-order valence-electron chi connectivity index (χ2n) is 7.49. The van der Waals surface area contributed by atoms with Crippen LogP contribution in [0.25, 0.3) is 0 Å². The number of nitrogens with one attached hydrogen (secondary N) is 1. The fraction of sp³-hybridized carbons (Fsp3) is 0.722. The van der Waals surface area contributed by atoms with Gasteiger partial charge in [-0.25, -0.2) is 4.98 Å². The van der Waals surface area contributed by atoms with Crippen LogP contribution in [0, 0.1) is 0 Å². The summed E-state index contributed by atoms with van der Waals surface area (Å²) in [4.78, 5) is 4.09. The van der Waals surface area contributed by atoms with Gasteiger partial charge in [0, 0.05) is 37.4 Å². The summed E-state index contributed by atoms with van der Waals surface area (Å²) >= 11 is 0. The molecule has 0 atom stereocenters. The summed E-state index contributed by atoms with van der Waals surface area (Å²) in [6.45, 7) is 0.736. The average molecular weight is 328 g/mol. The Kier molecular flexibility index (Phi) is 4.65.